The van der Waals surface area contributed by atoms with Crippen LogP contribution in [0.3, 0.4) is 0 Å². The molecule has 0 spiro atoms. The molecule has 0 heterocycles. The smallest absolute Gasteiger partial charge is 0.321 e. The molecule has 0 aliphatic heterocycles. The Balaban J connectivity index is 1.79. The predicted octanol–water partition coefficient (Wildman–Crippen LogP) is 1.89. The van der Waals surface area contributed by atoms with E-state index in [9.17, 15) is 4.79 Å². The largest absolute Gasteiger partial charge is 0.328 e. The van der Waals surface area contributed by atoms with Gasteiger partial charge in [0, 0.05) is 25.3 Å². The van der Waals surface area contributed by atoms with Gasteiger partial charge >= 0.3 is 6.03 Å². The minimum Gasteiger partial charge on any atom is -0.328 e. The molecule has 0 bridgehead atoms. The van der Waals surface area contributed by atoms with E-state index < -0.39 is 0 Å². The van der Waals surface area contributed by atoms with E-state index in [-0.39, 0.29) is 6.03 Å². The number of urea groups is 1. The molecule has 0 saturated heterocycles. The Hall–Kier alpha value is -1.55. The van der Waals surface area contributed by atoms with Crippen LogP contribution in [0.2, 0.25) is 0 Å². The maximum atomic E-state index is 11.9. The van der Waals surface area contributed by atoms with E-state index in [0.717, 1.165) is 25.1 Å². The standard InChI is InChI=1S/C13H19N3O/c1-16(9-10-7-11(14)8-10)13(17)15-12-5-3-2-4-6-12/h2-6,10-11H,7-9,14H2,1H3,(H,15,17). The van der Waals surface area contributed by atoms with E-state index >= 15 is 0 Å². The van der Waals surface area contributed by atoms with Gasteiger partial charge < -0.3 is 16.0 Å². The zero-order chi connectivity index (χ0) is 12.3. The van der Waals surface area contributed by atoms with Crippen molar-refractivity contribution in [3.63, 3.8) is 0 Å². The first kappa shape index (κ1) is 11.9. The fourth-order valence-corrected chi connectivity index (χ4v) is 2.15. The molecule has 0 unspecified atom stereocenters. The minimum atomic E-state index is -0.0586. The summed E-state index contributed by atoms with van der Waals surface area (Å²) in [6.07, 6.45) is 2.06. The van der Waals surface area contributed by atoms with Crippen molar-refractivity contribution in [1.82, 2.24) is 4.90 Å². The molecule has 92 valence electrons. The maximum absolute atomic E-state index is 11.9. The summed E-state index contributed by atoms with van der Waals surface area (Å²) in [6, 6.07) is 9.77. The van der Waals surface area contributed by atoms with Crippen LogP contribution in [0.1, 0.15) is 12.8 Å². The number of carbonyl (C=O) groups excluding carboxylic acids is 1. The molecule has 1 aromatic rings. The number of amides is 2. The Morgan fingerprint density at radius 1 is 1.41 bits per heavy atom. The van der Waals surface area contributed by atoms with Crippen LogP contribution in [0.15, 0.2) is 30.3 Å². The van der Waals surface area contributed by atoms with Gasteiger partial charge in [0.15, 0.2) is 0 Å². The summed E-state index contributed by atoms with van der Waals surface area (Å²) in [5, 5.41) is 2.86. The van der Waals surface area contributed by atoms with Crippen molar-refractivity contribution >= 4 is 11.7 Å². The Kier molecular flexibility index (Phi) is 3.64. The van der Waals surface area contributed by atoms with Crippen molar-refractivity contribution in [3.05, 3.63) is 30.3 Å². The second-order valence-corrected chi connectivity index (χ2v) is 4.77. The van der Waals surface area contributed by atoms with E-state index in [2.05, 4.69) is 5.32 Å². The van der Waals surface area contributed by atoms with Gasteiger partial charge in [-0.2, -0.15) is 0 Å². The molecule has 2 amide bonds. The Morgan fingerprint density at radius 2 is 2.06 bits per heavy atom. The Morgan fingerprint density at radius 3 is 2.65 bits per heavy atom. The fourth-order valence-electron chi connectivity index (χ4n) is 2.15. The van der Waals surface area contributed by atoms with E-state index in [4.69, 9.17) is 5.73 Å². The molecule has 0 aromatic heterocycles. The first-order valence-corrected chi connectivity index (χ1v) is 5.98. The van der Waals surface area contributed by atoms with Crippen LogP contribution in [0, 0.1) is 5.92 Å². The molecule has 1 saturated carbocycles. The molecule has 0 radical (unpaired) electrons. The summed E-state index contributed by atoms with van der Waals surface area (Å²) in [5.74, 6) is 0.566. The van der Waals surface area contributed by atoms with Crippen molar-refractivity contribution in [2.45, 2.75) is 18.9 Å². The second kappa shape index (κ2) is 5.19. The third kappa shape index (κ3) is 3.20. The van der Waals surface area contributed by atoms with Crippen molar-refractivity contribution in [2.75, 3.05) is 18.9 Å². The monoisotopic (exact) mass is 233 g/mol. The number of anilines is 1. The Labute approximate surface area is 102 Å². The first-order chi connectivity index (χ1) is 8.15. The Bertz CT molecular complexity index is 374. The second-order valence-electron chi connectivity index (χ2n) is 4.77. The van der Waals surface area contributed by atoms with Crippen molar-refractivity contribution < 1.29 is 4.79 Å². The van der Waals surface area contributed by atoms with Gasteiger partial charge in [0.05, 0.1) is 0 Å². The average molecular weight is 233 g/mol. The van der Waals surface area contributed by atoms with Gasteiger partial charge in [-0.05, 0) is 30.9 Å². The number of para-hydroxylation sites is 1. The van der Waals surface area contributed by atoms with Crippen molar-refractivity contribution in [1.29, 1.82) is 0 Å². The highest BCUT2D eigenvalue weighted by Gasteiger charge is 2.27. The van der Waals surface area contributed by atoms with Crippen LogP contribution in [0.25, 0.3) is 0 Å². The lowest BCUT2D eigenvalue weighted by Gasteiger charge is -2.35. The van der Waals surface area contributed by atoms with Crippen LogP contribution >= 0.6 is 0 Å². The third-order valence-corrected chi connectivity index (χ3v) is 3.18. The number of hydrogen-bond donors (Lipinski definition) is 2. The minimum absolute atomic E-state index is 0.0586. The predicted molar refractivity (Wildman–Crippen MR) is 68.8 cm³/mol. The molecular formula is C13H19N3O. The molecule has 1 fully saturated rings. The van der Waals surface area contributed by atoms with Crippen LogP contribution in [0.5, 0.6) is 0 Å². The number of nitrogens with one attached hydrogen (secondary N) is 1. The molecule has 1 aliphatic rings. The molecule has 1 aromatic carbocycles. The quantitative estimate of drug-likeness (QED) is 0.837. The number of nitrogens with two attached hydrogens (primary N) is 1. The SMILES string of the molecule is CN(CC1CC(N)C1)C(=O)Nc1ccccc1. The van der Waals surface area contributed by atoms with Crippen LogP contribution < -0.4 is 11.1 Å². The summed E-state index contributed by atoms with van der Waals surface area (Å²) in [6.45, 7) is 0.784. The number of hydrogen-bond acceptors (Lipinski definition) is 2. The van der Waals surface area contributed by atoms with Gasteiger partial charge in [0.2, 0.25) is 0 Å². The first-order valence-electron chi connectivity index (χ1n) is 5.98. The van der Waals surface area contributed by atoms with Crippen LogP contribution in [-0.4, -0.2) is 30.6 Å². The lowest BCUT2D eigenvalue weighted by atomic mass is 9.81. The fraction of sp³-hybridized carbons (Fsp3) is 0.462. The summed E-state index contributed by atoms with van der Waals surface area (Å²) in [5.41, 5.74) is 6.55. The molecule has 4 heteroatoms. The van der Waals surface area contributed by atoms with E-state index in [0.29, 0.717) is 12.0 Å². The summed E-state index contributed by atoms with van der Waals surface area (Å²) in [7, 11) is 1.82. The van der Waals surface area contributed by atoms with Gasteiger partial charge in [-0.3, -0.25) is 0 Å². The van der Waals surface area contributed by atoms with Gasteiger partial charge in [0.1, 0.15) is 0 Å². The molecule has 0 atom stereocenters. The van der Waals surface area contributed by atoms with Gasteiger partial charge in [-0.25, -0.2) is 4.79 Å². The summed E-state index contributed by atoms with van der Waals surface area (Å²) in [4.78, 5) is 13.6. The van der Waals surface area contributed by atoms with Crippen LogP contribution in [0.4, 0.5) is 10.5 Å². The normalized spacial score (nSPS) is 22.7. The molecule has 3 N–H and O–H groups in total. The summed E-state index contributed by atoms with van der Waals surface area (Å²) < 4.78 is 0. The highest BCUT2D eigenvalue weighted by Crippen LogP contribution is 2.26. The number of carbonyl (C=O) groups is 1. The number of benzene rings is 1. The number of rotatable bonds is 3. The van der Waals surface area contributed by atoms with Crippen molar-refractivity contribution in [2.24, 2.45) is 11.7 Å². The highest BCUT2D eigenvalue weighted by atomic mass is 16.2. The zero-order valence-corrected chi connectivity index (χ0v) is 10.1. The van der Waals surface area contributed by atoms with E-state index in [1.807, 2.05) is 37.4 Å². The number of nitrogens with zero attached hydrogens (tertiary/aromatic N) is 1. The summed E-state index contributed by atoms with van der Waals surface area (Å²) >= 11 is 0. The van der Waals surface area contributed by atoms with Gasteiger partial charge in [-0.15, -0.1) is 0 Å². The lowest BCUT2D eigenvalue weighted by molar-refractivity contribution is 0.181. The zero-order valence-electron chi connectivity index (χ0n) is 10.1. The molecule has 17 heavy (non-hydrogen) atoms. The van der Waals surface area contributed by atoms with Gasteiger partial charge in [-0.1, -0.05) is 18.2 Å². The van der Waals surface area contributed by atoms with Crippen LogP contribution in [-0.2, 0) is 0 Å². The molecule has 4 nitrogen and oxygen atoms in total. The van der Waals surface area contributed by atoms with Crippen molar-refractivity contribution in [3.8, 4) is 0 Å². The maximum Gasteiger partial charge on any atom is 0.321 e. The van der Waals surface area contributed by atoms with Gasteiger partial charge in [0.25, 0.3) is 0 Å². The lowest BCUT2D eigenvalue weighted by Crippen LogP contribution is -2.44. The highest BCUT2D eigenvalue weighted by molar-refractivity contribution is 5.89. The third-order valence-electron chi connectivity index (χ3n) is 3.18. The molecular weight excluding hydrogens is 214 g/mol. The molecule has 2 rings (SSSR count). The molecule has 1 aliphatic carbocycles. The van der Waals surface area contributed by atoms with E-state index in [1.165, 1.54) is 0 Å². The average Bonchev–Trinajstić information content (AvgIpc) is 2.28. The van der Waals surface area contributed by atoms with E-state index in [1.54, 1.807) is 4.90 Å². The topological polar surface area (TPSA) is 58.4 Å².